The van der Waals surface area contributed by atoms with Crippen molar-refractivity contribution < 1.29 is 24.4 Å². The summed E-state index contributed by atoms with van der Waals surface area (Å²) in [4.78, 5) is 42.1. The third kappa shape index (κ3) is 3.56. The van der Waals surface area contributed by atoms with E-state index >= 15 is 0 Å². The molecule has 1 saturated heterocycles. The highest BCUT2D eigenvalue weighted by atomic mass is 16.6. The second-order valence-electron chi connectivity index (χ2n) is 6.94. The summed E-state index contributed by atoms with van der Waals surface area (Å²) in [7, 11) is 1.46. The number of hydrogen-bond donors (Lipinski definition) is 1. The number of nitrogens with zero attached hydrogens (tertiary/aromatic N) is 3. The summed E-state index contributed by atoms with van der Waals surface area (Å²) in [6.45, 7) is 0. The Kier molecular flexibility index (Phi) is 5.38. The second-order valence-corrected chi connectivity index (χ2v) is 6.94. The first kappa shape index (κ1) is 20.7. The molecule has 2 heterocycles. The lowest BCUT2D eigenvalue weighted by molar-refractivity contribution is -0.384. The van der Waals surface area contributed by atoms with Crippen LogP contribution in [-0.2, 0) is 9.59 Å². The molecule has 0 aliphatic carbocycles. The highest BCUT2D eigenvalue weighted by Crippen LogP contribution is 2.42. The van der Waals surface area contributed by atoms with Crippen LogP contribution in [0.15, 0.2) is 78.5 Å². The summed E-state index contributed by atoms with van der Waals surface area (Å²) >= 11 is 0. The Labute approximate surface area is 182 Å². The minimum absolute atomic E-state index is 0.177. The lowest BCUT2D eigenvalue weighted by Gasteiger charge is -2.24. The van der Waals surface area contributed by atoms with Crippen LogP contribution in [0.1, 0.15) is 17.2 Å². The minimum Gasteiger partial charge on any atom is -0.507 e. The second kappa shape index (κ2) is 8.31. The Morgan fingerprint density at radius 1 is 1.09 bits per heavy atom. The Morgan fingerprint density at radius 3 is 2.56 bits per heavy atom. The Hall–Kier alpha value is -4.53. The molecule has 3 aromatic rings. The van der Waals surface area contributed by atoms with Crippen LogP contribution in [0.3, 0.4) is 0 Å². The van der Waals surface area contributed by atoms with Crippen molar-refractivity contribution in [3.05, 3.63) is 99.7 Å². The van der Waals surface area contributed by atoms with Crippen molar-refractivity contribution in [1.82, 2.24) is 4.98 Å². The van der Waals surface area contributed by atoms with Crippen LogP contribution in [0.25, 0.3) is 5.76 Å². The molecular formula is C23H17N3O6. The standard InChI is InChI=1S/C23H17N3O6/c1-32-17-9-5-7-15(13-17)21(27)19-20(14-6-4-8-16(12-14)26(30)31)25(23(29)22(19)28)18-10-2-3-11-24-18/h2-13,20,27H,1H3/t20-/m1/s1. The molecule has 0 spiro atoms. The van der Waals surface area contributed by atoms with Crippen LogP contribution in [0.4, 0.5) is 11.5 Å². The van der Waals surface area contributed by atoms with Crippen molar-refractivity contribution in [2.24, 2.45) is 0 Å². The van der Waals surface area contributed by atoms with Crippen LogP contribution in [0.5, 0.6) is 5.75 Å². The van der Waals surface area contributed by atoms with E-state index in [9.17, 15) is 24.8 Å². The topological polar surface area (TPSA) is 123 Å². The molecule has 1 aliphatic heterocycles. The van der Waals surface area contributed by atoms with Gasteiger partial charge in [-0.2, -0.15) is 0 Å². The van der Waals surface area contributed by atoms with Crippen LogP contribution in [-0.4, -0.2) is 33.8 Å². The van der Waals surface area contributed by atoms with Crippen molar-refractivity contribution >= 4 is 29.0 Å². The monoisotopic (exact) mass is 431 g/mol. The average Bonchev–Trinajstić information content (AvgIpc) is 3.09. The lowest BCUT2D eigenvalue weighted by atomic mass is 9.95. The normalized spacial score (nSPS) is 17.4. The van der Waals surface area contributed by atoms with E-state index in [1.807, 2.05) is 0 Å². The number of aliphatic hydroxyl groups is 1. The molecular weight excluding hydrogens is 414 g/mol. The number of pyridine rings is 1. The largest absolute Gasteiger partial charge is 0.507 e. The number of methoxy groups -OCH3 is 1. The molecule has 1 fully saturated rings. The van der Waals surface area contributed by atoms with Crippen molar-refractivity contribution in [2.75, 3.05) is 12.0 Å². The van der Waals surface area contributed by atoms with Gasteiger partial charge in [-0.05, 0) is 29.8 Å². The fourth-order valence-electron chi connectivity index (χ4n) is 3.61. The number of ketones is 1. The average molecular weight is 431 g/mol. The maximum Gasteiger partial charge on any atom is 0.301 e. The van der Waals surface area contributed by atoms with Gasteiger partial charge < -0.3 is 9.84 Å². The van der Waals surface area contributed by atoms with Gasteiger partial charge in [-0.25, -0.2) is 4.98 Å². The number of aliphatic hydroxyl groups excluding tert-OH is 1. The van der Waals surface area contributed by atoms with E-state index < -0.39 is 28.4 Å². The fraction of sp³-hybridized carbons (Fsp3) is 0.0870. The van der Waals surface area contributed by atoms with Gasteiger partial charge in [-0.1, -0.05) is 30.3 Å². The zero-order valence-electron chi connectivity index (χ0n) is 16.8. The number of hydrogen-bond acceptors (Lipinski definition) is 7. The zero-order chi connectivity index (χ0) is 22.8. The summed E-state index contributed by atoms with van der Waals surface area (Å²) in [5.41, 5.74) is 0.136. The number of carbonyl (C=O) groups is 2. The van der Waals surface area contributed by atoms with Gasteiger partial charge in [0, 0.05) is 23.9 Å². The summed E-state index contributed by atoms with van der Waals surface area (Å²) < 4.78 is 5.18. The smallest absolute Gasteiger partial charge is 0.301 e. The van der Waals surface area contributed by atoms with Crippen molar-refractivity contribution in [2.45, 2.75) is 6.04 Å². The molecule has 1 aromatic heterocycles. The van der Waals surface area contributed by atoms with Crippen molar-refractivity contribution in [3.63, 3.8) is 0 Å². The van der Waals surface area contributed by atoms with E-state index in [-0.39, 0.29) is 28.2 Å². The zero-order valence-corrected chi connectivity index (χ0v) is 16.8. The van der Waals surface area contributed by atoms with Crippen LogP contribution in [0, 0.1) is 10.1 Å². The number of benzene rings is 2. The number of non-ortho nitro benzene ring substituents is 1. The molecule has 0 bridgehead atoms. The third-order valence-electron chi connectivity index (χ3n) is 5.08. The highest BCUT2D eigenvalue weighted by molar-refractivity contribution is 6.51. The Morgan fingerprint density at radius 2 is 1.88 bits per heavy atom. The van der Waals surface area contributed by atoms with Gasteiger partial charge in [0.15, 0.2) is 0 Å². The Bertz CT molecular complexity index is 1260. The summed E-state index contributed by atoms with van der Waals surface area (Å²) in [6, 6.07) is 15.7. The number of ether oxygens (including phenoxy) is 1. The number of rotatable bonds is 5. The summed E-state index contributed by atoms with van der Waals surface area (Å²) in [5, 5.41) is 22.4. The maximum absolute atomic E-state index is 13.1. The first-order valence-corrected chi connectivity index (χ1v) is 9.53. The van der Waals surface area contributed by atoms with E-state index in [2.05, 4.69) is 4.98 Å². The van der Waals surface area contributed by atoms with Crippen molar-refractivity contribution in [1.29, 1.82) is 0 Å². The molecule has 9 nitrogen and oxygen atoms in total. The van der Waals surface area contributed by atoms with E-state index in [0.717, 1.165) is 4.90 Å². The molecule has 2 aromatic carbocycles. The number of amides is 1. The number of anilines is 1. The van der Waals surface area contributed by atoms with Gasteiger partial charge >= 0.3 is 5.91 Å². The SMILES string of the molecule is COc1cccc(C(O)=C2C(=O)C(=O)N(c3ccccn3)[C@@H]2c2cccc([N+](=O)[O-])c2)c1. The molecule has 4 rings (SSSR count). The quantitative estimate of drug-likeness (QED) is 0.215. The van der Waals surface area contributed by atoms with Gasteiger partial charge in [0.25, 0.3) is 11.5 Å². The molecule has 9 heteroatoms. The molecule has 1 atom stereocenters. The first-order valence-electron chi connectivity index (χ1n) is 9.53. The van der Waals surface area contributed by atoms with Crippen LogP contribution >= 0.6 is 0 Å². The van der Waals surface area contributed by atoms with E-state index in [0.29, 0.717) is 5.75 Å². The van der Waals surface area contributed by atoms with Crippen LogP contribution < -0.4 is 9.64 Å². The number of Topliss-reactive ketones (excluding diaryl/α,β-unsaturated/α-hetero) is 1. The molecule has 0 unspecified atom stereocenters. The van der Waals surface area contributed by atoms with Gasteiger partial charge in [0.2, 0.25) is 0 Å². The molecule has 1 aliphatic rings. The molecule has 160 valence electrons. The molecule has 0 radical (unpaired) electrons. The third-order valence-corrected chi connectivity index (χ3v) is 5.08. The number of nitro benzene ring substituents is 1. The number of carbonyl (C=O) groups excluding carboxylic acids is 2. The molecule has 32 heavy (non-hydrogen) atoms. The Balaban J connectivity index is 1.97. The minimum atomic E-state index is -1.11. The molecule has 0 saturated carbocycles. The van der Waals surface area contributed by atoms with E-state index in [1.54, 1.807) is 42.5 Å². The molecule has 1 N–H and O–H groups in total. The fourth-order valence-corrected chi connectivity index (χ4v) is 3.61. The van der Waals surface area contributed by atoms with E-state index in [1.165, 1.54) is 37.6 Å². The number of aromatic nitrogens is 1. The molecule has 1 amide bonds. The van der Waals surface area contributed by atoms with Gasteiger partial charge in [0.05, 0.1) is 23.6 Å². The van der Waals surface area contributed by atoms with Gasteiger partial charge in [0.1, 0.15) is 17.3 Å². The predicted octanol–water partition coefficient (Wildman–Crippen LogP) is 3.62. The highest BCUT2D eigenvalue weighted by Gasteiger charge is 2.47. The van der Waals surface area contributed by atoms with Crippen molar-refractivity contribution in [3.8, 4) is 5.75 Å². The predicted molar refractivity (Wildman–Crippen MR) is 115 cm³/mol. The lowest BCUT2D eigenvalue weighted by Crippen LogP contribution is -2.30. The van der Waals surface area contributed by atoms with E-state index in [4.69, 9.17) is 4.74 Å². The summed E-state index contributed by atoms with van der Waals surface area (Å²) in [6.07, 6.45) is 1.46. The van der Waals surface area contributed by atoms with Gasteiger partial charge in [-0.3, -0.25) is 24.6 Å². The van der Waals surface area contributed by atoms with Crippen LogP contribution in [0.2, 0.25) is 0 Å². The first-order chi connectivity index (χ1) is 15.4. The maximum atomic E-state index is 13.1. The van der Waals surface area contributed by atoms with Gasteiger partial charge in [-0.15, -0.1) is 0 Å². The summed E-state index contributed by atoms with van der Waals surface area (Å²) in [5.74, 6) is -1.62. The number of nitro groups is 1.